The molecule has 1 heterocycles. The Morgan fingerprint density at radius 3 is 2.00 bits per heavy atom. The highest BCUT2D eigenvalue weighted by Crippen LogP contribution is 2.61. The summed E-state index contributed by atoms with van der Waals surface area (Å²) in [5.41, 5.74) is 0.290. The maximum Gasteiger partial charge on any atom is 0.233 e. The summed E-state index contributed by atoms with van der Waals surface area (Å²) in [6.45, 7) is 2.44. The van der Waals surface area contributed by atoms with Crippen molar-refractivity contribution in [3.63, 3.8) is 0 Å². The molecule has 0 aromatic carbocycles. The Morgan fingerprint density at radius 2 is 1.50 bits per heavy atom. The minimum atomic E-state index is -0.116. The molecule has 0 aromatic heterocycles. The Bertz CT molecular complexity index is 628. The summed E-state index contributed by atoms with van der Waals surface area (Å²) < 4.78 is 0. The van der Waals surface area contributed by atoms with Crippen LogP contribution >= 0.6 is 0 Å². The van der Waals surface area contributed by atoms with Crippen LogP contribution in [0.15, 0.2) is 0 Å². The second-order valence-electron chi connectivity index (χ2n) is 10.6. The zero-order chi connectivity index (χ0) is 19.5. The van der Waals surface area contributed by atoms with Gasteiger partial charge in [0, 0.05) is 19.0 Å². The smallest absolute Gasteiger partial charge is 0.233 e. The molecule has 3 amide bonds. The van der Waals surface area contributed by atoms with E-state index in [1.165, 1.54) is 43.4 Å². The highest BCUT2D eigenvalue weighted by Gasteiger charge is 2.53. The molecule has 1 N–H and O–H groups in total. The van der Waals surface area contributed by atoms with E-state index in [1.807, 2.05) is 0 Å². The number of nitrogens with zero attached hydrogens (tertiary/aromatic N) is 1. The van der Waals surface area contributed by atoms with Gasteiger partial charge in [-0.15, -0.1) is 0 Å². The van der Waals surface area contributed by atoms with Crippen molar-refractivity contribution in [2.24, 2.45) is 35.0 Å². The number of fused-ring (bicyclic) bond motifs is 1. The highest BCUT2D eigenvalue weighted by atomic mass is 16.2. The molecule has 0 aromatic rings. The van der Waals surface area contributed by atoms with E-state index in [4.69, 9.17) is 0 Å². The lowest BCUT2D eigenvalue weighted by Crippen LogP contribution is -2.56. The van der Waals surface area contributed by atoms with Crippen LogP contribution in [0.2, 0.25) is 0 Å². The lowest BCUT2D eigenvalue weighted by atomic mass is 9.48. The Morgan fingerprint density at radius 1 is 1.00 bits per heavy atom. The number of carbonyl (C=O) groups is 3. The Labute approximate surface area is 168 Å². The summed E-state index contributed by atoms with van der Waals surface area (Å²) in [6, 6.07) is 0.195. The van der Waals surface area contributed by atoms with Gasteiger partial charge in [-0.2, -0.15) is 0 Å². The highest BCUT2D eigenvalue weighted by molar-refractivity contribution is 6.05. The number of hydrogen-bond acceptors (Lipinski definition) is 3. The largest absolute Gasteiger partial charge is 0.353 e. The summed E-state index contributed by atoms with van der Waals surface area (Å²) in [7, 11) is 0. The first-order valence-corrected chi connectivity index (χ1v) is 11.6. The molecular formula is C23H34N2O3. The Balaban J connectivity index is 1.17. The van der Waals surface area contributed by atoms with Crippen molar-refractivity contribution in [1.82, 2.24) is 10.2 Å². The lowest BCUT2D eigenvalue weighted by Gasteiger charge is -2.59. The molecule has 6 aliphatic rings. The fourth-order valence-corrected chi connectivity index (χ4v) is 7.84. The van der Waals surface area contributed by atoms with Crippen molar-refractivity contribution < 1.29 is 14.4 Å². The Hall–Kier alpha value is -1.39. The van der Waals surface area contributed by atoms with E-state index in [2.05, 4.69) is 12.2 Å². The maximum absolute atomic E-state index is 12.7. The third kappa shape index (κ3) is 3.00. The minimum Gasteiger partial charge on any atom is -0.353 e. The molecule has 5 nitrogen and oxygen atoms in total. The predicted molar refractivity (Wildman–Crippen MR) is 105 cm³/mol. The molecule has 1 aliphatic heterocycles. The summed E-state index contributed by atoms with van der Waals surface area (Å²) in [6.07, 6.45) is 12.0. The van der Waals surface area contributed by atoms with Crippen LogP contribution in [0.1, 0.15) is 77.6 Å². The van der Waals surface area contributed by atoms with E-state index in [-0.39, 0.29) is 48.6 Å². The molecule has 0 radical (unpaired) electrons. The summed E-state index contributed by atoms with van der Waals surface area (Å²) >= 11 is 0. The van der Waals surface area contributed by atoms with Crippen molar-refractivity contribution >= 4 is 17.7 Å². The monoisotopic (exact) mass is 386 g/mol. The quantitative estimate of drug-likeness (QED) is 0.738. The zero-order valence-electron chi connectivity index (χ0n) is 17.1. The molecule has 4 bridgehead atoms. The third-order valence-electron chi connectivity index (χ3n) is 8.88. The van der Waals surface area contributed by atoms with Crippen LogP contribution in [0.5, 0.6) is 0 Å². The van der Waals surface area contributed by atoms with Crippen molar-refractivity contribution in [2.45, 2.75) is 83.6 Å². The molecule has 5 aliphatic carbocycles. The van der Waals surface area contributed by atoms with Gasteiger partial charge in [-0.05, 0) is 81.5 Å². The van der Waals surface area contributed by atoms with E-state index in [9.17, 15) is 14.4 Å². The standard InChI is InChI=1S/C23H34N2O3/c1-14(23-11-15-8-16(12-23)10-17(9-15)13-23)24-20(26)6-7-25-21(27)18-4-2-3-5-19(18)22(25)28/h14-19H,2-13H2,1H3,(H,24,26)/t14-,15?,16?,17?,18+,19+,23?/m1/s1. The predicted octanol–water partition coefficient (Wildman–Crippen LogP) is 3.27. The third-order valence-corrected chi connectivity index (χ3v) is 8.88. The molecule has 1 saturated heterocycles. The van der Waals surface area contributed by atoms with Crippen molar-refractivity contribution in [3.05, 3.63) is 0 Å². The van der Waals surface area contributed by atoms with E-state index in [1.54, 1.807) is 0 Å². The van der Waals surface area contributed by atoms with Crippen LogP contribution in [0.3, 0.4) is 0 Å². The maximum atomic E-state index is 12.7. The molecule has 28 heavy (non-hydrogen) atoms. The van der Waals surface area contributed by atoms with Gasteiger partial charge in [0.05, 0.1) is 11.8 Å². The van der Waals surface area contributed by atoms with Gasteiger partial charge in [0.15, 0.2) is 0 Å². The van der Waals surface area contributed by atoms with Crippen LogP contribution in [0.4, 0.5) is 0 Å². The van der Waals surface area contributed by atoms with Gasteiger partial charge in [0.25, 0.3) is 0 Å². The lowest BCUT2D eigenvalue weighted by molar-refractivity contribution is -0.140. The number of nitrogens with one attached hydrogen (secondary N) is 1. The SMILES string of the molecule is C[C@@H](NC(=O)CCN1C(=O)[C@H]2CCCC[C@@H]2C1=O)C12CC3CC(CC(C3)C1)C2. The van der Waals surface area contributed by atoms with Crippen LogP contribution < -0.4 is 5.32 Å². The normalized spacial score (nSPS) is 42.6. The van der Waals surface area contributed by atoms with Crippen LogP contribution in [-0.4, -0.2) is 35.2 Å². The topological polar surface area (TPSA) is 66.5 Å². The van der Waals surface area contributed by atoms with E-state index < -0.39 is 0 Å². The molecule has 0 unspecified atom stereocenters. The molecule has 3 atom stereocenters. The number of imide groups is 1. The van der Waals surface area contributed by atoms with Gasteiger partial charge >= 0.3 is 0 Å². The molecular weight excluding hydrogens is 352 g/mol. The van der Waals surface area contributed by atoms with Crippen LogP contribution in [0, 0.1) is 35.0 Å². The number of amides is 3. The van der Waals surface area contributed by atoms with E-state index in [0.29, 0.717) is 5.41 Å². The van der Waals surface area contributed by atoms with Gasteiger partial charge in [-0.1, -0.05) is 12.8 Å². The average molecular weight is 387 g/mol. The van der Waals surface area contributed by atoms with Gasteiger partial charge in [-0.25, -0.2) is 0 Å². The van der Waals surface area contributed by atoms with Gasteiger partial charge in [0.2, 0.25) is 17.7 Å². The molecule has 154 valence electrons. The van der Waals surface area contributed by atoms with E-state index in [0.717, 1.165) is 43.4 Å². The average Bonchev–Trinajstić information content (AvgIpc) is 2.90. The van der Waals surface area contributed by atoms with Gasteiger partial charge in [0.1, 0.15) is 0 Å². The van der Waals surface area contributed by atoms with Gasteiger partial charge < -0.3 is 5.32 Å². The van der Waals surface area contributed by atoms with E-state index >= 15 is 0 Å². The number of carbonyl (C=O) groups excluding carboxylic acids is 3. The first-order valence-electron chi connectivity index (χ1n) is 11.6. The first kappa shape index (κ1) is 18.6. The fourth-order valence-electron chi connectivity index (χ4n) is 7.84. The second kappa shape index (κ2) is 6.84. The fraction of sp³-hybridized carbons (Fsp3) is 0.870. The molecule has 0 spiro atoms. The summed E-state index contributed by atoms with van der Waals surface area (Å²) in [5.74, 6) is 2.31. The molecule has 6 fully saturated rings. The molecule has 5 heteroatoms. The molecule has 6 rings (SSSR count). The zero-order valence-corrected chi connectivity index (χ0v) is 17.1. The Kier molecular flexibility index (Phi) is 4.55. The summed E-state index contributed by atoms with van der Waals surface area (Å²) in [4.78, 5) is 39.2. The minimum absolute atomic E-state index is 0.00119. The van der Waals surface area contributed by atoms with Crippen molar-refractivity contribution in [3.8, 4) is 0 Å². The van der Waals surface area contributed by atoms with Gasteiger partial charge in [-0.3, -0.25) is 19.3 Å². The number of likely N-dealkylation sites (tertiary alicyclic amines) is 1. The number of hydrogen-bond donors (Lipinski definition) is 1. The van der Waals surface area contributed by atoms with Crippen LogP contribution in [0.25, 0.3) is 0 Å². The number of rotatable bonds is 5. The molecule has 5 saturated carbocycles. The summed E-state index contributed by atoms with van der Waals surface area (Å²) in [5, 5.41) is 3.27. The second-order valence-corrected chi connectivity index (χ2v) is 10.6. The van der Waals surface area contributed by atoms with Crippen LogP contribution in [-0.2, 0) is 14.4 Å². The first-order chi connectivity index (χ1) is 13.4. The van der Waals surface area contributed by atoms with Crippen molar-refractivity contribution in [1.29, 1.82) is 0 Å². The van der Waals surface area contributed by atoms with Crippen molar-refractivity contribution in [2.75, 3.05) is 6.54 Å².